The number of ketones is 3. The third-order valence-corrected chi connectivity index (χ3v) is 11.0. The first-order valence-corrected chi connectivity index (χ1v) is 21.9. The predicted molar refractivity (Wildman–Crippen MR) is 209 cm³/mol. The van der Waals surface area contributed by atoms with E-state index in [0.29, 0.717) is 46.7 Å². The van der Waals surface area contributed by atoms with E-state index in [1.165, 1.54) is 23.1 Å². The molecule has 1 heterocycles. The zero-order chi connectivity index (χ0) is 42.8. The molecule has 0 saturated heterocycles. The van der Waals surface area contributed by atoms with Gasteiger partial charge in [-0.1, -0.05) is 34.8 Å². The molecule has 0 atom stereocenters. The standard InChI is InChI=1S/C19H17Cl2NO4.C14H13ClO5S.C3H8NO5P/c1-2-26-19(25)16(21)10-11-9-12(7-8-15(11)20)22-17(23)13-5-3-4-6-14(13)18(22)24;1-21(19,20)8-5-6-9(10(15)7-8)14(18)13-11(16)3-2-4-12(13)17;5-3(6)1-4-2-10(7,8)9/h7-10H,2-6H2,1H3;5-7,13H,2-4H2,1H3;4H,1-2H2,(H,5,6)(H2,7,8,9)/b16-10-;;. The number of imide groups is 1. The number of Topliss-reactive ketones (excluding diaryl/α,β-unsaturated/α-hetero) is 3. The highest BCUT2D eigenvalue weighted by molar-refractivity contribution is 7.90. The molecule has 0 aromatic heterocycles. The lowest BCUT2D eigenvalue weighted by molar-refractivity contribution is -0.138. The number of nitrogens with one attached hydrogen (secondary N) is 1. The maximum Gasteiger partial charge on any atom is 0.349 e. The van der Waals surface area contributed by atoms with Crippen LogP contribution in [-0.4, -0.2) is 90.1 Å². The molecule has 1 fully saturated rings. The molecule has 2 aromatic carbocycles. The topological polar surface area (TPSA) is 256 Å². The van der Waals surface area contributed by atoms with E-state index in [1.807, 2.05) is 0 Å². The molecule has 0 spiro atoms. The van der Waals surface area contributed by atoms with E-state index in [4.69, 9.17) is 54.4 Å². The van der Waals surface area contributed by atoms with Crippen LogP contribution in [0.5, 0.6) is 0 Å². The van der Waals surface area contributed by atoms with Gasteiger partial charge < -0.3 is 19.6 Å². The summed E-state index contributed by atoms with van der Waals surface area (Å²) >= 11 is 18.1. The van der Waals surface area contributed by atoms with Crippen molar-refractivity contribution >= 4 is 105 Å². The molecule has 4 N–H and O–H groups in total. The molecule has 2 aromatic rings. The number of carbonyl (C=O) groups is 7. The Morgan fingerprint density at radius 3 is 1.98 bits per heavy atom. The number of aliphatic carboxylic acids is 1. The number of hydrogen-bond donors (Lipinski definition) is 4. The minimum absolute atomic E-state index is 0.00216. The SMILES string of the molecule is CCOC(=O)/C(Cl)=C/c1cc(N2C(=O)C3=C(CCCC3)C2=O)ccc1Cl.CS(=O)(=O)c1ccc(C(=O)C2C(=O)CCCC2=O)c(Cl)c1.O=C(O)CNCP(=O)(O)O. The monoisotopic (exact) mass is 890 g/mol. The normalized spacial score (nSPS) is 16.3. The second kappa shape index (κ2) is 20.6. The van der Waals surface area contributed by atoms with Crippen LogP contribution in [0.25, 0.3) is 6.08 Å². The maximum atomic E-state index is 12.7. The second-order valence-electron chi connectivity index (χ2n) is 12.7. The summed E-state index contributed by atoms with van der Waals surface area (Å²) in [5, 5.41) is 10.2. The summed E-state index contributed by atoms with van der Waals surface area (Å²) in [6.07, 6.45) is 5.73. The molecule has 0 bridgehead atoms. The van der Waals surface area contributed by atoms with Crippen LogP contribution in [0.15, 0.2) is 57.5 Å². The van der Waals surface area contributed by atoms with Gasteiger partial charge in [0.1, 0.15) is 11.0 Å². The number of amides is 2. The Bertz CT molecular complexity index is 2160. The highest BCUT2D eigenvalue weighted by Gasteiger charge is 2.40. The van der Waals surface area contributed by atoms with Crippen molar-refractivity contribution in [1.82, 2.24) is 5.32 Å². The summed E-state index contributed by atoms with van der Waals surface area (Å²) in [5.74, 6) is -5.14. The molecule has 308 valence electrons. The summed E-state index contributed by atoms with van der Waals surface area (Å²) in [7, 11) is -7.54. The Balaban J connectivity index is 0.000000252. The number of nitrogens with zero attached hydrogens (tertiary/aromatic N) is 1. The maximum absolute atomic E-state index is 12.7. The van der Waals surface area contributed by atoms with E-state index in [-0.39, 0.29) is 51.8 Å². The average molecular weight is 892 g/mol. The fourth-order valence-corrected chi connectivity index (χ4v) is 7.47. The lowest BCUT2D eigenvalue weighted by Gasteiger charge is -2.18. The summed E-state index contributed by atoms with van der Waals surface area (Å²) < 4.78 is 37.7. The van der Waals surface area contributed by atoms with Gasteiger partial charge in [0.2, 0.25) is 0 Å². The van der Waals surface area contributed by atoms with Gasteiger partial charge in [-0.25, -0.2) is 18.1 Å². The fourth-order valence-electron chi connectivity index (χ4n) is 5.74. The first-order chi connectivity index (χ1) is 26.6. The predicted octanol–water partition coefficient (Wildman–Crippen LogP) is 4.89. The lowest BCUT2D eigenvalue weighted by atomic mass is 9.82. The number of anilines is 1. The fraction of sp³-hybridized carbons (Fsp3) is 0.361. The zero-order valence-electron chi connectivity index (χ0n) is 30.5. The summed E-state index contributed by atoms with van der Waals surface area (Å²) in [4.78, 5) is 100. The van der Waals surface area contributed by atoms with E-state index in [2.05, 4.69) is 5.32 Å². The Kier molecular flexibility index (Phi) is 17.1. The molecule has 1 aliphatic heterocycles. The summed E-state index contributed by atoms with van der Waals surface area (Å²) in [6, 6.07) is 8.38. The van der Waals surface area contributed by atoms with E-state index < -0.39 is 65.5 Å². The van der Waals surface area contributed by atoms with Crippen LogP contribution in [0.4, 0.5) is 5.69 Å². The largest absolute Gasteiger partial charge is 0.480 e. The smallest absolute Gasteiger partial charge is 0.349 e. The molecule has 1 saturated carbocycles. The number of carboxylic acids is 1. The van der Waals surface area contributed by atoms with Gasteiger partial charge in [-0.3, -0.25) is 38.6 Å². The average Bonchev–Trinajstić information content (AvgIpc) is 3.37. The number of carbonyl (C=O) groups excluding carboxylic acids is 6. The van der Waals surface area contributed by atoms with Gasteiger partial charge >= 0.3 is 19.5 Å². The van der Waals surface area contributed by atoms with Crippen molar-refractivity contribution in [2.45, 2.75) is 56.8 Å². The van der Waals surface area contributed by atoms with Crippen LogP contribution in [-0.2, 0) is 47.9 Å². The molecular formula is C36H38Cl3N2O14PS. The molecule has 0 unspecified atom stereocenters. The number of hydrogen-bond acceptors (Lipinski definition) is 12. The Morgan fingerprint density at radius 2 is 1.49 bits per heavy atom. The first kappa shape index (κ1) is 47.3. The van der Waals surface area contributed by atoms with Gasteiger partial charge in [0.25, 0.3) is 11.8 Å². The molecule has 21 heteroatoms. The Hall–Kier alpha value is -4.06. The van der Waals surface area contributed by atoms with E-state index in [9.17, 15) is 46.5 Å². The number of halogens is 3. The molecule has 2 aliphatic carbocycles. The molecule has 57 heavy (non-hydrogen) atoms. The van der Waals surface area contributed by atoms with Crippen molar-refractivity contribution in [1.29, 1.82) is 0 Å². The number of sulfone groups is 1. The van der Waals surface area contributed by atoms with Crippen LogP contribution < -0.4 is 10.2 Å². The number of benzene rings is 2. The van der Waals surface area contributed by atoms with Gasteiger partial charge in [0.15, 0.2) is 27.2 Å². The van der Waals surface area contributed by atoms with Crippen LogP contribution >= 0.6 is 42.4 Å². The van der Waals surface area contributed by atoms with Gasteiger partial charge in [-0.05, 0) is 87.1 Å². The van der Waals surface area contributed by atoms with Crippen molar-refractivity contribution in [3.05, 3.63) is 73.7 Å². The highest BCUT2D eigenvalue weighted by Crippen LogP contribution is 2.37. The van der Waals surface area contributed by atoms with Crippen molar-refractivity contribution in [2.24, 2.45) is 5.92 Å². The van der Waals surface area contributed by atoms with Crippen LogP contribution in [0.2, 0.25) is 10.0 Å². The van der Waals surface area contributed by atoms with Crippen molar-refractivity contribution < 1.29 is 66.2 Å². The molecule has 3 aliphatic rings. The van der Waals surface area contributed by atoms with E-state index in [1.54, 1.807) is 25.1 Å². The minimum atomic E-state index is -4.10. The summed E-state index contributed by atoms with van der Waals surface area (Å²) in [5.41, 5.74) is 2.04. The van der Waals surface area contributed by atoms with Crippen molar-refractivity contribution in [3.8, 4) is 0 Å². The van der Waals surface area contributed by atoms with E-state index >= 15 is 0 Å². The highest BCUT2D eigenvalue weighted by atomic mass is 35.5. The third kappa shape index (κ3) is 13.2. The van der Waals surface area contributed by atoms with Crippen molar-refractivity contribution in [3.63, 3.8) is 0 Å². The second-order valence-corrected chi connectivity index (χ2v) is 17.6. The van der Waals surface area contributed by atoms with Gasteiger partial charge in [0, 0.05) is 40.8 Å². The third-order valence-electron chi connectivity index (χ3n) is 8.36. The minimum Gasteiger partial charge on any atom is -0.480 e. The number of esters is 1. The zero-order valence-corrected chi connectivity index (χ0v) is 34.4. The number of carboxylic acid groups (broad SMARTS) is 1. The van der Waals surface area contributed by atoms with Gasteiger partial charge in [-0.2, -0.15) is 0 Å². The molecule has 0 radical (unpaired) electrons. The quantitative estimate of drug-likeness (QED) is 0.0585. The van der Waals surface area contributed by atoms with Gasteiger partial charge in [-0.15, -0.1) is 0 Å². The Labute approximate surface area is 342 Å². The van der Waals surface area contributed by atoms with Gasteiger partial charge in [0.05, 0.1) is 35.0 Å². The molecular weight excluding hydrogens is 854 g/mol. The number of ether oxygens (including phenoxy) is 1. The van der Waals surface area contributed by atoms with E-state index in [0.717, 1.165) is 25.2 Å². The van der Waals surface area contributed by atoms with Crippen LogP contribution in [0.1, 0.15) is 67.8 Å². The van der Waals surface area contributed by atoms with Crippen LogP contribution in [0, 0.1) is 5.92 Å². The summed E-state index contributed by atoms with van der Waals surface area (Å²) in [6.45, 7) is 1.44. The first-order valence-electron chi connectivity index (χ1n) is 17.1. The molecule has 5 rings (SSSR count). The molecule has 16 nitrogen and oxygen atoms in total. The van der Waals surface area contributed by atoms with Crippen LogP contribution in [0.3, 0.4) is 0 Å². The molecule has 2 amide bonds. The van der Waals surface area contributed by atoms with Crippen molar-refractivity contribution in [2.75, 3.05) is 30.6 Å². The Morgan fingerprint density at radius 1 is 0.912 bits per heavy atom. The number of rotatable bonds is 11. The lowest BCUT2D eigenvalue weighted by Crippen LogP contribution is -2.35.